The zero-order valence-corrected chi connectivity index (χ0v) is 19.3. The van der Waals surface area contributed by atoms with Gasteiger partial charge >= 0.3 is 17.8 Å². The summed E-state index contributed by atoms with van der Waals surface area (Å²) in [5.74, 6) is -0.388. The Bertz CT molecular complexity index is 1500. The summed E-state index contributed by atoms with van der Waals surface area (Å²) in [5.41, 5.74) is 4.95. The van der Waals surface area contributed by atoms with E-state index < -0.39 is 6.09 Å². The fourth-order valence-electron chi connectivity index (χ4n) is 4.74. The Kier molecular flexibility index (Phi) is 5.60. The Hall–Kier alpha value is -4.40. The third-order valence-corrected chi connectivity index (χ3v) is 6.51. The van der Waals surface area contributed by atoms with Gasteiger partial charge in [0, 0.05) is 19.3 Å². The maximum absolute atomic E-state index is 13.7. The minimum Gasteiger partial charge on any atom is -0.465 e. The van der Waals surface area contributed by atoms with Gasteiger partial charge in [0.15, 0.2) is 5.65 Å². The van der Waals surface area contributed by atoms with Gasteiger partial charge in [-0.2, -0.15) is 0 Å². The van der Waals surface area contributed by atoms with E-state index in [2.05, 4.69) is 4.98 Å². The van der Waals surface area contributed by atoms with Crippen molar-refractivity contribution in [1.29, 1.82) is 0 Å². The number of imidazole rings is 1. The normalized spacial score (nSPS) is 15.5. The number of fused-ring (bicyclic) bond motifs is 1. The van der Waals surface area contributed by atoms with E-state index in [1.165, 1.54) is 12.0 Å². The highest BCUT2D eigenvalue weighted by molar-refractivity contribution is 5.90. The Labute approximate surface area is 200 Å². The van der Waals surface area contributed by atoms with E-state index in [0.717, 1.165) is 22.4 Å². The molecule has 0 bridgehead atoms. The second-order valence-corrected chi connectivity index (χ2v) is 8.58. The number of hydrogen-bond donors (Lipinski definition) is 1. The van der Waals surface area contributed by atoms with E-state index in [-0.39, 0.29) is 24.2 Å². The average Bonchev–Trinajstić information content (AvgIpc) is 3.46. The topological polar surface area (TPSA) is 107 Å². The molecule has 0 radical (unpaired) electrons. The van der Waals surface area contributed by atoms with Crippen molar-refractivity contribution in [2.75, 3.05) is 20.2 Å². The number of likely N-dealkylation sites (tertiary alicyclic amines) is 1. The third kappa shape index (κ3) is 3.84. The number of esters is 1. The van der Waals surface area contributed by atoms with Gasteiger partial charge in [-0.1, -0.05) is 18.2 Å². The Morgan fingerprint density at radius 3 is 2.49 bits per heavy atom. The molecule has 2 aromatic heterocycles. The van der Waals surface area contributed by atoms with E-state index in [1.54, 1.807) is 33.5 Å². The summed E-state index contributed by atoms with van der Waals surface area (Å²) in [4.78, 5) is 42.6. The molecule has 5 rings (SSSR count). The smallest absolute Gasteiger partial charge is 0.407 e. The third-order valence-electron chi connectivity index (χ3n) is 6.51. The van der Waals surface area contributed by atoms with Crippen molar-refractivity contribution < 1.29 is 19.4 Å². The van der Waals surface area contributed by atoms with Gasteiger partial charge in [-0.3, -0.25) is 9.13 Å². The van der Waals surface area contributed by atoms with Crippen LogP contribution >= 0.6 is 0 Å². The lowest BCUT2D eigenvalue weighted by atomic mass is 10.0. The molecule has 178 valence electrons. The number of carboxylic acid groups (broad SMARTS) is 1. The molecule has 0 unspecified atom stereocenters. The Morgan fingerprint density at radius 1 is 1.09 bits per heavy atom. The van der Waals surface area contributed by atoms with Crippen LogP contribution in [0, 0.1) is 6.92 Å². The molecule has 2 aromatic carbocycles. The van der Waals surface area contributed by atoms with Crippen molar-refractivity contribution in [2.24, 2.45) is 0 Å². The first-order valence-electron chi connectivity index (χ1n) is 11.2. The molecule has 0 aliphatic carbocycles. The fourth-order valence-corrected chi connectivity index (χ4v) is 4.74. The summed E-state index contributed by atoms with van der Waals surface area (Å²) in [6.45, 7) is 2.58. The maximum Gasteiger partial charge on any atom is 0.407 e. The monoisotopic (exact) mass is 472 g/mol. The van der Waals surface area contributed by atoms with Crippen LogP contribution in [0.15, 0.2) is 65.6 Å². The number of carbonyl (C=O) groups is 2. The zero-order chi connectivity index (χ0) is 24.7. The molecule has 4 aromatic rings. The second kappa shape index (κ2) is 8.75. The first kappa shape index (κ1) is 22.4. The highest BCUT2D eigenvalue weighted by Gasteiger charge is 2.31. The van der Waals surface area contributed by atoms with Gasteiger partial charge in [-0.15, -0.1) is 0 Å². The van der Waals surface area contributed by atoms with E-state index in [0.29, 0.717) is 29.7 Å². The predicted octanol–water partition coefficient (Wildman–Crippen LogP) is 3.87. The van der Waals surface area contributed by atoms with E-state index in [1.807, 2.05) is 43.3 Å². The van der Waals surface area contributed by atoms with E-state index in [4.69, 9.17) is 4.74 Å². The number of carbonyl (C=O) groups excluding carboxylic acids is 1. The summed E-state index contributed by atoms with van der Waals surface area (Å²) in [6, 6.07) is 16.3. The molecule has 9 nitrogen and oxygen atoms in total. The summed E-state index contributed by atoms with van der Waals surface area (Å²) in [5, 5.41) is 9.35. The molecule has 1 saturated heterocycles. The lowest BCUT2D eigenvalue weighted by molar-refractivity contribution is 0.0600. The molecule has 3 heterocycles. The number of ether oxygens (including phenoxy) is 1. The number of aryl methyl sites for hydroxylation is 1. The summed E-state index contributed by atoms with van der Waals surface area (Å²) in [7, 11) is 1.35. The molecule has 1 aliphatic rings. The van der Waals surface area contributed by atoms with Crippen LogP contribution in [0.4, 0.5) is 4.79 Å². The number of rotatable bonds is 4. The lowest BCUT2D eigenvalue weighted by Gasteiger charge is -2.13. The average molecular weight is 473 g/mol. The molecule has 1 atom stereocenters. The number of aromatic nitrogens is 3. The minimum atomic E-state index is -0.983. The highest BCUT2D eigenvalue weighted by Crippen LogP contribution is 2.28. The molecule has 35 heavy (non-hydrogen) atoms. The molecule has 0 spiro atoms. The van der Waals surface area contributed by atoms with Crippen LogP contribution in [0.25, 0.3) is 28.0 Å². The van der Waals surface area contributed by atoms with E-state index >= 15 is 0 Å². The number of nitrogens with zero attached hydrogens (tertiary/aromatic N) is 4. The van der Waals surface area contributed by atoms with Gasteiger partial charge in [0.25, 0.3) is 0 Å². The first-order valence-corrected chi connectivity index (χ1v) is 11.2. The van der Waals surface area contributed by atoms with Gasteiger partial charge < -0.3 is 14.7 Å². The molecule has 1 fully saturated rings. The molecule has 1 amide bonds. The summed E-state index contributed by atoms with van der Waals surface area (Å²) in [6.07, 6.45) is 1.21. The summed E-state index contributed by atoms with van der Waals surface area (Å²) >= 11 is 0. The second-order valence-electron chi connectivity index (χ2n) is 8.58. The minimum absolute atomic E-state index is 0.241. The van der Waals surface area contributed by atoms with Crippen LogP contribution in [0.5, 0.6) is 0 Å². The maximum atomic E-state index is 13.7. The van der Waals surface area contributed by atoms with Crippen molar-refractivity contribution in [3.8, 4) is 16.8 Å². The largest absolute Gasteiger partial charge is 0.465 e. The standard InChI is InChI=1S/C26H24N4O5/c1-16-14-19(17-5-7-18(8-6-17)24(31)35-2)9-10-21(16)30-22-4-3-12-27-23(22)29(25(30)32)20-11-13-28(15-20)26(33)34/h3-10,12,14,20H,11,13,15H2,1-2H3,(H,33,34)/t20-/m1/s1. The molecule has 0 saturated carbocycles. The van der Waals surface area contributed by atoms with Gasteiger partial charge in [-0.05, 0) is 66.4 Å². The Balaban J connectivity index is 1.56. The van der Waals surface area contributed by atoms with Crippen LogP contribution in [0.3, 0.4) is 0 Å². The van der Waals surface area contributed by atoms with Crippen molar-refractivity contribution in [3.05, 3.63) is 82.4 Å². The van der Waals surface area contributed by atoms with Crippen molar-refractivity contribution in [1.82, 2.24) is 19.0 Å². The number of amides is 1. The lowest BCUT2D eigenvalue weighted by Crippen LogP contribution is -2.31. The number of benzene rings is 2. The van der Waals surface area contributed by atoms with Crippen molar-refractivity contribution in [3.63, 3.8) is 0 Å². The predicted molar refractivity (Wildman–Crippen MR) is 130 cm³/mol. The molecule has 9 heteroatoms. The van der Waals surface area contributed by atoms with Gasteiger partial charge in [0.2, 0.25) is 0 Å². The molecular weight excluding hydrogens is 448 g/mol. The first-order chi connectivity index (χ1) is 16.9. The molecular formula is C26H24N4O5. The fraction of sp³-hybridized carbons (Fsp3) is 0.231. The van der Waals surface area contributed by atoms with Crippen molar-refractivity contribution in [2.45, 2.75) is 19.4 Å². The van der Waals surface area contributed by atoms with Crippen LogP contribution in [-0.4, -0.2) is 56.4 Å². The molecule has 1 N–H and O–H groups in total. The summed E-state index contributed by atoms with van der Waals surface area (Å²) < 4.78 is 8.02. The van der Waals surface area contributed by atoms with Crippen LogP contribution in [0.2, 0.25) is 0 Å². The van der Waals surface area contributed by atoms with Crippen LogP contribution in [0.1, 0.15) is 28.4 Å². The van der Waals surface area contributed by atoms with Gasteiger partial charge in [0.05, 0.1) is 29.9 Å². The number of pyridine rings is 1. The molecule has 1 aliphatic heterocycles. The zero-order valence-electron chi connectivity index (χ0n) is 19.3. The van der Waals surface area contributed by atoms with Crippen molar-refractivity contribution >= 4 is 23.2 Å². The SMILES string of the molecule is COC(=O)c1ccc(-c2ccc(-n3c(=O)n([C@@H]4CCN(C(=O)O)C4)c4ncccc43)c(C)c2)cc1. The Morgan fingerprint density at radius 2 is 1.83 bits per heavy atom. The van der Waals surface area contributed by atoms with E-state index in [9.17, 15) is 19.5 Å². The number of methoxy groups -OCH3 is 1. The van der Waals surface area contributed by atoms with Crippen LogP contribution in [-0.2, 0) is 4.74 Å². The number of hydrogen-bond acceptors (Lipinski definition) is 5. The van der Waals surface area contributed by atoms with Gasteiger partial charge in [-0.25, -0.2) is 19.4 Å². The van der Waals surface area contributed by atoms with Crippen LogP contribution < -0.4 is 5.69 Å². The van der Waals surface area contributed by atoms with Gasteiger partial charge in [0.1, 0.15) is 0 Å². The highest BCUT2D eigenvalue weighted by atomic mass is 16.5. The quantitative estimate of drug-likeness (QED) is 0.452.